The van der Waals surface area contributed by atoms with Crippen LogP contribution in [0, 0.1) is 0 Å². The van der Waals surface area contributed by atoms with Crippen molar-refractivity contribution in [3.63, 3.8) is 0 Å². The molecule has 0 aliphatic carbocycles. The van der Waals surface area contributed by atoms with Gasteiger partial charge in [-0.05, 0) is 76.3 Å². The molecule has 9 aromatic carbocycles. The summed E-state index contributed by atoms with van der Waals surface area (Å²) in [6.07, 6.45) is 0. The van der Waals surface area contributed by atoms with Gasteiger partial charge in [-0.3, -0.25) is 0 Å². The van der Waals surface area contributed by atoms with Crippen molar-refractivity contribution >= 4 is 53.3 Å². The zero-order valence-electron chi connectivity index (χ0n) is 37.2. The Balaban J connectivity index is 1.10. The fourth-order valence-electron chi connectivity index (χ4n) is 8.63. The zero-order valence-corrected chi connectivity index (χ0v) is 34.0. The van der Waals surface area contributed by atoms with Crippen LogP contribution in [-0.2, 0) is 0 Å². The van der Waals surface area contributed by atoms with Gasteiger partial charge in [-0.2, -0.15) is 0 Å². The van der Waals surface area contributed by atoms with Gasteiger partial charge < -0.3 is 4.57 Å². The lowest BCUT2D eigenvalue weighted by Crippen LogP contribution is -2.01. The molecule has 0 spiro atoms. The van der Waals surface area contributed by atoms with Gasteiger partial charge in [0.25, 0.3) is 0 Å². The molecule has 62 heavy (non-hydrogen) atoms. The minimum Gasteiger partial charge on any atom is -0.309 e. The minimum absolute atomic E-state index is 0.0868. The SMILES string of the molecule is [2H]c1c([2H])c([2H])c2c(c1[2H])c1cccc(-c3cc(-c4ccccc4)cc(-c4ccccc4)c3)c1n2-c1cccc(-c2nc(-c3ccccc3)nc(-c3ccc4c(c3)sc3ccccc34)n2)c1. The molecule has 290 valence electrons. The smallest absolute Gasteiger partial charge is 0.164 e. The molecule has 0 unspecified atom stereocenters. The first-order valence-electron chi connectivity index (χ1n) is 22.5. The van der Waals surface area contributed by atoms with Gasteiger partial charge in [0.05, 0.1) is 16.5 Å². The summed E-state index contributed by atoms with van der Waals surface area (Å²) in [5.74, 6) is 1.56. The van der Waals surface area contributed by atoms with E-state index in [9.17, 15) is 2.74 Å². The van der Waals surface area contributed by atoms with Gasteiger partial charge in [0.1, 0.15) is 0 Å². The summed E-state index contributed by atoms with van der Waals surface area (Å²) >= 11 is 1.75. The highest BCUT2D eigenvalue weighted by Gasteiger charge is 2.20. The third-order valence-corrected chi connectivity index (χ3v) is 12.7. The minimum atomic E-state index is -0.295. The van der Waals surface area contributed by atoms with Crippen molar-refractivity contribution < 1.29 is 5.48 Å². The second kappa shape index (κ2) is 14.9. The Morgan fingerprint density at radius 3 is 1.65 bits per heavy atom. The summed E-state index contributed by atoms with van der Waals surface area (Å²) in [6, 6.07) is 65.1. The molecule has 5 heteroatoms. The van der Waals surface area contributed by atoms with Gasteiger partial charge in [-0.15, -0.1) is 11.3 Å². The normalized spacial score (nSPS) is 12.5. The van der Waals surface area contributed by atoms with Gasteiger partial charge in [-0.25, -0.2) is 15.0 Å². The molecule has 12 aromatic rings. The number of fused-ring (bicyclic) bond motifs is 6. The molecular formula is C57H36N4S. The quantitative estimate of drug-likeness (QED) is 0.161. The van der Waals surface area contributed by atoms with E-state index in [4.69, 9.17) is 17.7 Å². The number of thiophene rings is 1. The van der Waals surface area contributed by atoms with Crippen molar-refractivity contribution in [3.05, 3.63) is 218 Å². The molecule has 3 heterocycles. The molecule has 0 amide bonds. The van der Waals surface area contributed by atoms with Crippen LogP contribution >= 0.6 is 11.3 Å². The number of rotatable bonds is 7. The van der Waals surface area contributed by atoms with Crippen LogP contribution in [-0.4, -0.2) is 19.5 Å². The van der Waals surface area contributed by atoms with Crippen molar-refractivity contribution in [2.75, 3.05) is 0 Å². The van der Waals surface area contributed by atoms with Crippen LogP contribution in [0.25, 0.3) is 115 Å². The highest BCUT2D eigenvalue weighted by molar-refractivity contribution is 7.25. The maximum Gasteiger partial charge on any atom is 0.164 e. The number of benzene rings is 9. The first-order chi connectivity index (χ1) is 32.4. The summed E-state index contributed by atoms with van der Waals surface area (Å²) in [4.78, 5) is 15.3. The highest BCUT2D eigenvalue weighted by atomic mass is 32.1. The second-order valence-electron chi connectivity index (χ2n) is 15.3. The third-order valence-electron chi connectivity index (χ3n) is 11.5. The fraction of sp³-hybridized carbons (Fsp3) is 0. The van der Waals surface area contributed by atoms with E-state index < -0.39 is 0 Å². The molecule has 12 rings (SSSR count). The lowest BCUT2D eigenvalue weighted by Gasteiger charge is -2.15. The molecule has 0 radical (unpaired) electrons. The molecular weight excluding hydrogens is 773 g/mol. The number of aromatic nitrogens is 4. The predicted molar refractivity (Wildman–Crippen MR) is 260 cm³/mol. The van der Waals surface area contributed by atoms with Crippen LogP contribution in [0.15, 0.2) is 218 Å². The Morgan fingerprint density at radius 1 is 0.371 bits per heavy atom. The third kappa shape index (κ3) is 6.26. The van der Waals surface area contributed by atoms with Crippen LogP contribution in [0.1, 0.15) is 5.48 Å². The Morgan fingerprint density at radius 2 is 0.919 bits per heavy atom. The molecule has 0 saturated carbocycles. The largest absolute Gasteiger partial charge is 0.309 e. The fourth-order valence-corrected chi connectivity index (χ4v) is 9.78. The molecule has 0 aliphatic rings. The molecule has 0 aliphatic heterocycles. The molecule has 0 atom stereocenters. The molecule has 0 bridgehead atoms. The first-order valence-corrected chi connectivity index (χ1v) is 21.3. The van der Waals surface area contributed by atoms with Gasteiger partial charge >= 0.3 is 0 Å². The maximum absolute atomic E-state index is 9.43. The molecule has 0 saturated heterocycles. The first kappa shape index (κ1) is 31.9. The Labute approximate surface area is 368 Å². The van der Waals surface area contributed by atoms with E-state index in [0.29, 0.717) is 34.1 Å². The van der Waals surface area contributed by atoms with Crippen LogP contribution < -0.4 is 0 Å². The summed E-state index contributed by atoms with van der Waals surface area (Å²) in [5.41, 5.74) is 10.4. The van der Waals surface area contributed by atoms with Crippen LogP contribution in [0.2, 0.25) is 0 Å². The van der Waals surface area contributed by atoms with Gasteiger partial charge in [-0.1, -0.05) is 170 Å². The van der Waals surface area contributed by atoms with Crippen LogP contribution in [0.4, 0.5) is 0 Å². The van der Waals surface area contributed by atoms with Crippen molar-refractivity contribution in [3.8, 4) is 73.2 Å². The monoisotopic (exact) mass is 812 g/mol. The van der Waals surface area contributed by atoms with Crippen LogP contribution in [0.5, 0.6) is 0 Å². The van der Waals surface area contributed by atoms with Gasteiger partial charge in [0.15, 0.2) is 17.5 Å². The van der Waals surface area contributed by atoms with E-state index in [1.54, 1.807) is 11.3 Å². The lowest BCUT2D eigenvalue weighted by atomic mass is 9.92. The van der Waals surface area contributed by atoms with Crippen LogP contribution in [0.3, 0.4) is 0 Å². The molecule has 4 nitrogen and oxygen atoms in total. The van der Waals surface area contributed by atoms with E-state index in [1.807, 2.05) is 108 Å². The number of para-hydroxylation sites is 2. The predicted octanol–water partition coefficient (Wildman–Crippen LogP) is 15.3. The Kier molecular flexibility index (Phi) is 7.67. The van der Waals surface area contributed by atoms with E-state index in [0.717, 1.165) is 65.7 Å². The standard InChI is InChI=1S/C57H36N4S/c1-4-16-37(17-5-1)42-32-43(38-18-6-2-7-19-38)34-44(33-42)46-26-15-27-50-47-24-10-12-28-51(47)61(54(46)50)45-23-14-22-40(35-45)56-58-55(39-20-8-3-9-21-39)59-57(60-56)41-30-31-49-48-25-11-13-29-52(48)62-53(49)36-41/h1-36H/i10D,12D,24D,28D. The summed E-state index contributed by atoms with van der Waals surface area (Å²) < 4.78 is 40.8. The molecule has 0 fully saturated rings. The van der Waals surface area contributed by atoms with Crippen molar-refractivity contribution in [1.29, 1.82) is 0 Å². The second-order valence-corrected chi connectivity index (χ2v) is 16.4. The number of hydrogen-bond donors (Lipinski definition) is 0. The Hall–Kier alpha value is -7.99. The molecule has 3 aromatic heterocycles. The van der Waals surface area contributed by atoms with E-state index >= 15 is 0 Å². The lowest BCUT2D eigenvalue weighted by molar-refractivity contribution is 1.07. The molecule has 0 N–H and O–H groups in total. The Bertz CT molecular complexity index is 3810. The topological polar surface area (TPSA) is 43.6 Å². The summed E-state index contributed by atoms with van der Waals surface area (Å²) in [6.45, 7) is 0. The van der Waals surface area contributed by atoms with Crippen molar-refractivity contribution in [2.24, 2.45) is 0 Å². The zero-order chi connectivity index (χ0) is 44.5. The summed E-state index contributed by atoms with van der Waals surface area (Å²) in [5, 5.41) is 3.59. The number of nitrogens with zero attached hydrogens (tertiary/aromatic N) is 4. The average molecular weight is 813 g/mol. The van der Waals surface area contributed by atoms with Crippen molar-refractivity contribution in [2.45, 2.75) is 0 Å². The van der Waals surface area contributed by atoms with E-state index in [-0.39, 0.29) is 24.2 Å². The average Bonchev–Trinajstić information content (AvgIpc) is 3.94. The van der Waals surface area contributed by atoms with E-state index in [2.05, 4.69) is 91.0 Å². The van der Waals surface area contributed by atoms with Gasteiger partial charge in [0.2, 0.25) is 0 Å². The van der Waals surface area contributed by atoms with E-state index in [1.165, 1.54) is 15.5 Å². The highest BCUT2D eigenvalue weighted by Crippen LogP contribution is 2.42. The number of hydrogen-bond acceptors (Lipinski definition) is 4. The maximum atomic E-state index is 9.43. The van der Waals surface area contributed by atoms with Gasteiger partial charge in [0, 0.05) is 58.9 Å². The van der Waals surface area contributed by atoms with Crippen molar-refractivity contribution in [1.82, 2.24) is 19.5 Å². The summed E-state index contributed by atoms with van der Waals surface area (Å²) in [7, 11) is 0.